The molecular formula is C12H21NO. The van der Waals surface area contributed by atoms with Gasteiger partial charge in [0.15, 0.2) is 0 Å². The van der Waals surface area contributed by atoms with E-state index in [0.717, 1.165) is 13.0 Å². The number of carbonyl (C=O) groups is 1. The van der Waals surface area contributed by atoms with Gasteiger partial charge in [-0.15, -0.1) is 0 Å². The first-order valence-electron chi connectivity index (χ1n) is 5.37. The van der Waals surface area contributed by atoms with Crippen LogP contribution in [-0.2, 0) is 4.79 Å². The summed E-state index contributed by atoms with van der Waals surface area (Å²) in [6.45, 7) is 11.2. The number of amides is 1. The van der Waals surface area contributed by atoms with Crippen LogP contribution < -0.4 is 0 Å². The van der Waals surface area contributed by atoms with Gasteiger partial charge in [0, 0.05) is 19.2 Å². The van der Waals surface area contributed by atoms with E-state index in [2.05, 4.69) is 26.8 Å². The molecule has 1 atom stereocenters. The second-order valence-corrected chi connectivity index (χ2v) is 4.88. The summed E-state index contributed by atoms with van der Waals surface area (Å²) in [7, 11) is 0. The van der Waals surface area contributed by atoms with Crippen LogP contribution in [0.3, 0.4) is 0 Å². The maximum Gasteiger partial charge on any atom is 0.223 e. The predicted octanol–water partition coefficient (Wildman–Crippen LogP) is 2.80. The number of hydrogen-bond acceptors (Lipinski definition) is 1. The Kier molecular flexibility index (Phi) is 3.03. The molecule has 0 aliphatic heterocycles. The second-order valence-electron chi connectivity index (χ2n) is 4.88. The van der Waals surface area contributed by atoms with Gasteiger partial charge in [-0.3, -0.25) is 4.79 Å². The van der Waals surface area contributed by atoms with E-state index in [1.54, 1.807) is 6.92 Å². The largest absolute Gasteiger partial charge is 0.317 e. The number of hydrogen-bond donors (Lipinski definition) is 0. The molecule has 0 N–H and O–H groups in total. The molecule has 1 amide bonds. The van der Waals surface area contributed by atoms with Crippen LogP contribution in [0.4, 0.5) is 0 Å². The summed E-state index contributed by atoms with van der Waals surface area (Å²) in [4.78, 5) is 13.2. The van der Waals surface area contributed by atoms with Crippen LogP contribution in [-0.4, -0.2) is 17.4 Å². The van der Waals surface area contributed by atoms with Crippen molar-refractivity contribution in [1.29, 1.82) is 0 Å². The standard InChI is InChI=1S/C12H21NO/c1-6-13(10(3)14)11-7-9(2)12(4,5)8-11/h7,9H,6,8H2,1-5H3. The van der Waals surface area contributed by atoms with Gasteiger partial charge in [-0.05, 0) is 24.7 Å². The Morgan fingerprint density at radius 3 is 2.50 bits per heavy atom. The third-order valence-corrected chi connectivity index (χ3v) is 3.35. The van der Waals surface area contributed by atoms with Crippen molar-refractivity contribution in [2.24, 2.45) is 11.3 Å². The summed E-state index contributed by atoms with van der Waals surface area (Å²) in [5, 5.41) is 0. The molecule has 0 bridgehead atoms. The zero-order valence-corrected chi connectivity index (χ0v) is 9.92. The molecule has 0 spiro atoms. The van der Waals surface area contributed by atoms with Crippen molar-refractivity contribution in [2.45, 2.75) is 41.0 Å². The maximum absolute atomic E-state index is 11.4. The molecule has 0 radical (unpaired) electrons. The molecule has 80 valence electrons. The lowest BCUT2D eigenvalue weighted by molar-refractivity contribution is -0.126. The summed E-state index contributed by atoms with van der Waals surface area (Å²) in [5.41, 5.74) is 1.51. The zero-order chi connectivity index (χ0) is 10.9. The highest BCUT2D eigenvalue weighted by Crippen LogP contribution is 2.42. The predicted molar refractivity (Wildman–Crippen MR) is 58.7 cm³/mol. The van der Waals surface area contributed by atoms with Gasteiger partial charge >= 0.3 is 0 Å². The molecule has 2 nitrogen and oxygen atoms in total. The Labute approximate surface area is 87.0 Å². The normalized spacial score (nSPS) is 24.6. The van der Waals surface area contributed by atoms with Crippen molar-refractivity contribution in [3.8, 4) is 0 Å². The van der Waals surface area contributed by atoms with E-state index >= 15 is 0 Å². The maximum atomic E-state index is 11.4. The van der Waals surface area contributed by atoms with Gasteiger partial charge in [0.2, 0.25) is 5.91 Å². The van der Waals surface area contributed by atoms with E-state index in [4.69, 9.17) is 0 Å². The van der Waals surface area contributed by atoms with Gasteiger partial charge in [-0.1, -0.05) is 26.8 Å². The zero-order valence-electron chi connectivity index (χ0n) is 9.92. The molecule has 0 aromatic rings. The van der Waals surface area contributed by atoms with Crippen molar-refractivity contribution >= 4 is 5.91 Å². The minimum absolute atomic E-state index is 0.156. The third kappa shape index (κ3) is 1.99. The molecule has 1 rings (SSSR count). The molecule has 1 aliphatic carbocycles. The van der Waals surface area contributed by atoms with Crippen molar-refractivity contribution < 1.29 is 4.79 Å². The molecule has 14 heavy (non-hydrogen) atoms. The fourth-order valence-electron chi connectivity index (χ4n) is 2.01. The quantitative estimate of drug-likeness (QED) is 0.663. The molecule has 0 heterocycles. The first-order valence-corrected chi connectivity index (χ1v) is 5.37. The Hall–Kier alpha value is -0.790. The van der Waals surface area contributed by atoms with Gasteiger partial charge in [0.1, 0.15) is 0 Å². The Bertz CT molecular complexity index is 265. The van der Waals surface area contributed by atoms with Crippen molar-refractivity contribution in [2.75, 3.05) is 6.54 Å². The Morgan fingerprint density at radius 2 is 2.21 bits per heavy atom. The van der Waals surface area contributed by atoms with Crippen LogP contribution in [0.1, 0.15) is 41.0 Å². The van der Waals surface area contributed by atoms with Gasteiger partial charge in [0.05, 0.1) is 0 Å². The highest BCUT2D eigenvalue weighted by Gasteiger charge is 2.34. The van der Waals surface area contributed by atoms with E-state index in [9.17, 15) is 4.79 Å². The van der Waals surface area contributed by atoms with Crippen molar-refractivity contribution in [3.63, 3.8) is 0 Å². The van der Waals surface area contributed by atoms with E-state index in [0.29, 0.717) is 11.3 Å². The number of rotatable bonds is 2. The monoisotopic (exact) mass is 195 g/mol. The lowest BCUT2D eigenvalue weighted by Gasteiger charge is -2.26. The number of allylic oxidation sites excluding steroid dienone is 2. The fraction of sp³-hybridized carbons (Fsp3) is 0.750. The molecule has 0 saturated heterocycles. The topological polar surface area (TPSA) is 20.3 Å². The SMILES string of the molecule is CCN(C(C)=O)C1=CC(C)C(C)(C)C1. The molecule has 0 aromatic heterocycles. The van der Waals surface area contributed by atoms with Crippen LogP contribution in [0.15, 0.2) is 11.8 Å². The van der Waals surface area contributed by atoms with E-state index in [1.165, 1.54) is 5.70 Å². The molecule has 0 saturated carbocycles. The lowest BCUT2D eigenvalue weighted by Crippen LogP contribution is -2.28. The first kappa shape index (κ1) is 11.3. The van der Waals surface area contributed by atoms with E-state index in [1.807, 2.05) is 11.8 Å². The molecule has 1 aliphatic rings. The van der Waals surface area contributed by atoms with Gasteiger partial charge < -0.3 is 4.90 Å². The highest BCUT2D eigenvalue weighted by atomic mass is 16.2. The van der Waals surface area contributed by atoms with E-state index in [-0.39, 0.29) is 5.91 Å². The smallest absolute Gasteiger partial charge is 0.223 e. The fourth-order valence-corrected chi connectivity index (χ4v) is 2.01. The van der Waals surface area contributed by atoms with Crippen LogP contribution >= 0.6 is 0 Å². The number of nitrogens with zero attached hydrogens (tertiary/aromatic N) is 1. The summed E-state index contributed by atoms with van der Waals surface area (Å²) in [6.07, 6.45) is 3.26. The average Bonchev–Trinajstić information content (AvgIpc) is 2.26. The van der Waals surface area contributed by atoms with Crippen molar-refractivity contribution in [1.82, 2.24) is 4.90 Å². The Balaban J connectivity index is 2.81. The second kappa shape index (κ2) is 3.76. The van der Waals surface area contributed by atoms with Crippen LogP contribution in [0.25, 0.3) is 0 Å². The van der Waals surface area contributed by atoms with Crippen molar-refractivity contribution in [3.05, 3.63) is 11.8 Å². The molecule has 0 fully saturated rings. The summed E-state index contributed by atoms with van der Waals surface area (Å²) in [5.74, 6) is 0.717. The number of carbonyl (C=O) groups excluding carboxylic acids is 1. The molecular weight excluding hydrogens is 174 g/mol. The van der Waals surface area contributed by atoms with Gasteiger partial charge in [-0.2, -0.15) is 0 Å². The summed E-state index contributed by atoms with van der Waals surface area (Å²) < 4.78 is 0. The average molecular weight is 195 g/mol. The van der Waals surface area contributed by atoms with Crippen LogP contribution in [0.2, 0.25) is 0 Å². The minimum Gasteiger partial charge on any atom is -0.317 e. The lowest BCUT2D eigenvalue weighted by atomic mass is 9.82. The summed E-state index contributed by atoms with van der Waals surface area (Å²) in [6, 6.07) is 0. The molecule has 2 heteroatoms. The van der Waals surface area contributed by atoms with Gasteiger partial charge in [-0.25, -0.2) is 0 Å². The molecule has 0 aromatic carbocycles. The molecule has 1 unspecified atom stereocenters. The summed E-state index contributed by atoms with van der Waals surface area (Å²) >= 11 is 0. The van der Waals surface area contributed by atoms with Crippen LogP contribution in [0, 0.1) is 11.3 Å². The van der Waals surface area contributed by atoms with Gasteiger partial charge in [0.25, 0.3) is 0 Å². The third-order valence-electron chi connectivity index (χ3n) is 3.35. The van der Waals surface area contributed by atoms with Crippen LogP contribution in [0.5, 0.6) is 0 Å². The minimum atomic E-state index is 0.156. The van der Waals surface area contributed by atoms with E-state index < -0.39 is 0 Å². The highest BCUT2D eigenvalue weighted by molar-refractivity contribution is 5.75. The Morgan fingerprint density at radius 1 is 1.64 bits per heavy atom. The first-order chi connectivity index (χ1) is 6.38.